The van der Waals surface area contributed by atoms with Crippen molar-refractivity contribution in [2.24, 2.45) is 0 Å². The van der Waals surface area contributed by atoms with E-state index in [0.29, 0.717) is 30.7 Å². The minimum atomic E-state index is -0.792. The number of aliphatic carboxylic acids is 1. The van der Waals surface area contributed by atoms with Crippen molar-refractivity contribution in [3.63, 3.8) is 0 Å². The Labute approximate surface area is 188 Å². The third kappa shape index (κ3) is 6.15. The van der Waals surface area contributed by atoms with Crippen LogP contribution in [0.5, 0.6) is 0 Å². The Hall–Kier alpha value is -2.70. The molecule has 4 rings (SSSR count). The normalized spacial score (nSPS) is 18.3. The average molecular weight is 442 g/mol. The Bertz CT molecular complexity index is 952. The molecule has 7 heteroatoms. The number of halogens is 1. The van der Waals surface area contributed by atoms with Gasteiger partial charge in [0.2, 0.25) is 11.7 Å². The molecule has 1 fully saturated rings. The molecule has 1 aromatic heterocycles. The largest absolute Gasteiger partial charge is 0.481 e. The first-order valence-electron chi connectivity index (χ1n) is 10.6. The minimum Gasteiger partial charge on any atom is -0.481 e. The van der Waals surface area contributed by atoms with Gasteiger partial charge in [-0.15, -0.1) is 12.4 Å². The van der Waals surface area contributed by atoms with Crippen LogP contribution in [0.25, 0.3) is 11.4 Å². The van der Waals surface area contributed by atoms with Gasteiger partial charge in [-0.05, 0) is 42.7 Å². The highest BCUT2D eigenvalue weighted by molar-refractivity contribution is 5.85. The van der Waals surface area contributed by atoms with Crippen LogP contribution in [-0.4, -0.2) is 27.8 Å². The van der Waals surface area contributed by atoms with Crippen LogP contribution in [0.1, 0.15) is 61.0 Å². The molecule has 1 saturated carbocycles. The number of aromatic nitrogens is 2. The number of nitrogens with zero attached hydrogens (tertiary/aromatic N) is 2. The SMILES string of the molecule is Cl.O=C(O)CCNCc1ccc(-c2noc(C3CCC(c4ccccc4)CC3)n2)cc1. The van der Waals surface area contributed by atoms with E-state index in [9.17, 15) is 4.79 Å². The summed E-state index contributed by atoms with van der Waals surface area (Å²) in [6, 6.07) is 18.7. The molecule has 1 aliphatic carbocycles. The van der Waals surface area contributed by atoms with Crippen molar-refractivity contribution in [3.8, 4) is 11.4 Å². The van der Waals surface area contributed by atoms with Crippen LogP contribution < -0.4 is 5.32 Å². The maximum absolute atomic E-state index is 10.5. The monoisotopic (exact) mass is 441 g/mol. The maximum Gasteiger partial charge on any atom is 0.304 e. The summed E-state index contributed by atoms with van der Waals surface area (Å²) in [7, 11) is 0. The summed E-state index contributed by atoms with van der Waals surface area (Å²) in [5.74, 6) is 1.54. The van der Waals surface area contributed by atoms with E-state index in [1.165, 1.54) is 5.56 Å². The van der Waals surface area contributed by atoms with Crippen LogP contribution in [-0.2, 0) is 11.3 Å². The Morgan fingerprint density at radius 1 is 1.00 bits per heavy atom. The van der Waals surface area contributed by atoms with Crippen molar-refractivity contribution < 1.29 is 14.4 Å². The number of hydrogen-bond acceptors (Lipinski definition) is 5. The van der Waals surface area contributed by atoms with Crippen molar-refractivity contribution in [2.75, 3.05) is 6.54 Å². The highest BCUT2D eigenvalue weighted by atomic mass is 35.5. The van der Waals surface area contributed by atoms with Crippen LogP contribution >= 0.6 is 12.4 Å². The molecule has 0 saturated heterocycles. The molecule has 1 aliphatic rings. The molecule has 3 aromatic rings. The Morgan fingerprint density at radius 3 is 2.35 bits per heavy atom. The highest BCUT2D eigenvalue weighted by Crippen LogP contribution is 2.40. The topological polar surface area (TPSA) is 88.2 Å². The predicted molar refractivity (Wildman–Crippen MR) is 121 cm³/mol. The zero-order chi connectivity index (χ0) is 20.8. The van der Waals surface area contributed by atoms with Crippen molar-refractivity contribution in [3.05, 3.63) is 71.6 Å². The first-order chi connectivity index (χ1) is 14.7. The first-order valence-corrected chi connectivity index (χ1v) is 10.6. The fraction of sp³-hybridized carbons (Fsp3) is 0.375. The number of benzene rings is 2. The van der Waals surface area contributed by atoms with E-state index in [1.807, 2.05) is 24.3 Å². The molecule has 0 bridgehead atoms. The van der Waals surface area contributed by atoms with Gasteiger partial charge in [0.05, 0.1) is 6.42 Å². The first kappa shape index (κ1) is 23.0. The third-order valence-corrected chi connectivity index (χ3v) is 5.85. The maximum atomic E-state index is 10.5. The molecule has 2 N–H and O–H groups in total. The van der Waals surface area contributed by atoms with Crippen LogP contribution in [0.4, 0.5) is 0 Å². The van der Waals surface area contributed by atoms with E-state index in [-0.39, 0.29) is 18.8 Å². The van der Waals surface area contributed by atoms with Crippen molar-refractivity contribution >= 4 is 18.4 Å². The second-order valence-corrected chi connectivity index (χ2v) is 7.93. The Morgan fingerprint density at radius 2 is 1.68 bits per heavy atom. The fourth-order valence-corrected chi connectivity index (χ4v) is 4.12. The van der Waals surface area contributed by atoms with Gasteiger partial charge in [0.25, 0.3) is 0 Å². The summed E-state index contributed by atoms with van der Waals surface area (Å²) < 4.78 is 5.60. The lowest BCUT2D eigenvalue weighted by molar-refractivity contribution is -0.136. The van der Waals surface area contributed by atoms with E-state index < -0.39 is 5.97 Å². The van der Waals surface area contributed by atoms with Crippen molar-refractivity contribution in [2.45, 2.75) is 50.5 Å². The summed E-state index contributed by atoms with van der Waals surface area (Å²) in [5.41, 5.74) is 3.45. The summed E-state index contributed by atoms with van der Waals surface area (Å²) in [6.07, 6.45) is 4.56. The highest BCUT2D eigenvalue weighted by Gasteiger charge is 2.27. The number of rotatable bonds is 8. The molecule has 0 amide bonds. The fourth-order valence-electron chi connectivity index (χ4n) is 4.12. The van der Waals surface area contributed by atoms with E-state index in [0.717, 1.165) is 42.7 Å². The second-order valence-electron chi connectivity index (χ2n) is 7.93. The number of carboxylic acids is 1. The zero-order valence-corrected chi connectivity index (χ0v) is 18.2. The van der Waals surface area contributed by atoms with Gasteiger partial charge in [-0.1, -0.05) is 59.8 Å². The van der Waals surface area contributed by atoms with Gasteiger partial charge in [0.1, 0.15) is 0 Å². The van der Waals surface area contributed by atoms with E-state index in [4.69, 9.17) is 9.63 Å². The average Bonchev–Trinajstić information content (AvgIpc) is 3.28. The van der Waals surface area contributed by atoms with Crippen LogP contribution in [0, 0.1) is 0 Å². The smallest absolute Gasteiger partial charge is 0.304 e. The summed E-state index contributed by atoms with van der Waals surface area (Å²) >= 11 is 0. The Kier molecular flexibility index (Phi) is 8.20. The van der Waals surface area contributed by atoms with Crippen molar-refractivity contribution in [1.82, 2.24) is 15.5 Å². The number of hydrogen-bond donors (Lipinski definition) is 2. The van der Waals surface area contributed by atoms with Gasteiger partial charge in [0, 0.05) is 24.6 Å². The molecular formula is C24H28ClN3O3. The third-order valence-electron chi connectivity index (χ3n) is 5.85. The summed E-state index contributed by atoms with van der Waals surface area (Å²) in [4.78, 5) is 15.2. The molecule has 0 aliphatic heterocycles. The molecule has 0 spiro atoms. The lowest BCUT2D eigenvalue weighted by atomic mass is 9.78. The summed E-state index contributed by atoms with van der Waals surface area (Å²) in [6.45, 7) is 1.09. The molecule has 0 atom stereocenters. The molecule has 0 radical (unpaired) electrons. The van der Waals surface area contributed by atoms with Gasteiger partial charge >= 0.3 is 5.97 Å². The molecule has 164 valence electrons. The van der Waals surface area contributed by atoms with Gasteiger partial charge in [-0.25, -0.2) is 0 Å². The van der Waals surface area contributed by atoms with Gasteiger partial charge < -0.3 is 14.9 Å². The lowest BCUT2D eigenvalue weighted by Gasteiger charge is -2.26. The predicted octanol–water partition coefficient (Wildman–Crippen LogP) is 5.16. The second kappa shape index (κ2) is 11.1. The Balaban J connectivity index is 0.00000272. The molecular weight excluding hydrogens is 414 g/mol. The van der Waals surface area contributed by atoms with Gasteiger partial charge in [-0.2, -0.15) is 4.98 Å². The number of carboxylic acid groups (broad SMARTS) is 1. The standard InChI is InChI=1S/C24H27N3O3.ClH/c28-22(29)14-15-25-16-17-6-8-20(9-7-17)23-26-24(30-27-23)21-12-10-19(11-13-21)18-4-2-1-3-5-18;/h1-9,19,21,25H,10-16H2,(H,28,29);1H. The number of carbonyl (C=O) groups is 1. The zero-order valence-electron chi connectivity index (χ0n) is 17.4. The molecule has 6 nitrogen and oxygen atoms in total. The van der Waals surface area contributed by atoms with Crippen LogP contribution in [0.15, 0.2) is 59.1 Å². The molecule has 0 unspecified atom stereocenters. The van der Waals surface area contributed by atoms with Gasteiger partial charge in [-0.3, -0.25) is 4.79 Å². The minimum absolute atomic E-state index is 0. The molecule has 2 aromatic carbocycles. The van der Waals surface area contributed by atoms with Crippen molar-refractivity contribution in [1.29, 1.82) is 0 Å². The van der Waals surface area contributed by atoms with E-state index in [1.54, 1.807) is 0 Å². The molecule has 1 heterocycles. The van der Waals surface area contributed by atoms with E-state index in [2.05, 4.69) is 45.8 Å². The number of nitrogens with one attached hydrogen (secondary N) is 1. The van der Waals surface area contributed by atoms with Crippen LogP contribution in [0.3, 0.4) is 0 Å². The lowest BCUT2D eigenvalue weighted by Crippen LogP contribution is -2.17. The molecule has 31 heavy (non-hydrogen) atoms. The van der Waals surface area contributed by atoms with Crippen LogP contribution in [0.2, 0.25) is 0 Å². The summed E-state index contributed by atoms with van der Waals surface area (Å²) in [5, 5.41) is 16.0. The van der Waals surface area contributed by atoms with Gasteiger partial charge in [0.15, 0.2) is 0 Å². The van der Waals surface area contributed by atoms with E-state index >= 15 is 0 Å². The quantitative estimate of drug-likeness (QED) is 0.469.